The molecule has 1 aromatic rings. The van der Waals surface area contributed by atoms with Crippen LogP contribution < -0.4 is 10.2 Å². The Labute approximate surface area is 113 Å². The summed E-state index contributed by atoms with van der Waals surface area (Å²) in [6, 6.07) is 0.351. The minimum absolute atomic E-state index is 0.0134. The average Bonchev–Trinajstić information content (AvgIpc) is 2.79. The fraction of sp³-hybridized carbons (Fsp3) is 0.833. The molecule has 1 aromatic heterocycles. The van der Waals surface area contributed by atoms with E-state index in [-0.39, 0.29) is 5.41 Å². The maximum absolute atomic E-state index is 5.54. The Bertz CT molecular complexity index is 386. The van der Waals surface area contributed by atoms with E-state index in [2.05, 4.69) is 40.3 Å². The van der Waals surface area contributed by atoms with Gasteiger partial charge in [-0.3, -0.25) is 0 Å². The summed E-state index contributed by atoms with van der Waals surface area (Å²) >= 11 is 1.49. The van der Waals surface area contributed by atoms with E-state index in [1.807, 2.05) is 7.05 Å². The maximum atomic E-state index is 5.54. The monoisotopic (exact) mass is 270 g/mol. The molecule has 2 rings (SSSR count). The number of rotatable bonds is 3. The number of aromatic nitrogens is 2. The molecule has 102 valence electrons. The van der Waals surface area contributed by atoms with Gasteiger partial charge in [-0.15, -0.1) is 0 Å². The first-order valence-corrected chi connectivity index (χ1v) is 7.13. The van der Waals surface area contributed by atoms with Crippen LogP contribution in [0.1, 0.15) is 26.6 Å². The summed E-state index contributed by atoms with van der Waals surface area (Å²) in [6.07, 6.45) is 0. The van der Waals surface area contributed by atoms with Crippen molar-refractivity contribution in [3.05, 3.63) is 5.82 Å². The molecule has 0 amide bonds. The third-order valence-electron chi connectivity index (χ3n) is 3.00. The Morgan fingerprint density at radius 1 is 1.50 bits per heavy atom. The summed E-state index contributed by atoms with van der Waals surface area (Å²) in [7, 11) is 1.97. The molecule has 1 aliphatic rings. The van der Waals surface area contributed by atoms with Crippen molar-refractivity contribution < 1.29 is 4.74 Å². The number of nitrogens with one attached hydrogen (secondary N) is 1. The second kappa shape index (κ2) is 5.50. The first-order valence-electron chi connectivity index (χ1n) is 6.35. The van der Waals surface area contributed by atoms with Crippen molar-refractivity contribution in [3.8, 4) is 0 Å². The number of morpholine rings is 1. The molecule has 2 heterocycles. The van der Waals surface area contributed by atoms with Gasteiger partial charge < -0.3 is 15.0 Å². The van der Waals surface area contributed by atoms with Crippen LogP contribution in [0.15, 0.2) is 0 Å². The number of hydrogen-bond acceptors (Lipinski definition) is 6. The van der Waals surface area contributed by atoms with E-state index in [1.54, 1.807) is 0 Å². The highest BCUT2D eigenvalue weighted by Crippen LogP contribution is 2.27. The Kier molecular flexibility index (Phi) is 4.19. The fourth-order valence-corrected chi connectivity index (χ4v) is 2.90. The van der Waals surface area contributed by atoms with Crippen molar-refractivity contribution in [3.63, 3.8) is 0 Å². The minimum atomic E-state index is 0.0134. The Morgan fingerprint density at radius 2 is 2.28 bits per heavy atom. The number of ether oxygens (including phenoxy) is 1. The van der Waals surface area contributed by atoms with Gasteiger partial charge >= 0.3 is 0 Å². The first kappa shape index (κ1) is 13.7. The molecule has 6 heteroatoms. The Morgan fingerprint density at radius 3 is 2.89 bits per heavy atom. The molecular formula is C12H22N4OS. The van der Waals surface area contributed by atoms with E-state index in [1.165, 1.54) is 11.5 Å². The zero-order valence-corrected chi connectivity index (χ0v) is 12.4. The largest absolute Gasteiger partial charge is 0.377 e. The summed E-state index contributed by atoms with van der Waals surface area (Å²) in [5, 5.41) is 4.23. The van der Waals surface area contributed by atoms with E-state index in [0.717, 1.165) is 37.3 Å². The smallest absolute Gasteiger partial charge is 0.205 e. The predicted octanol–water partition coefficient (Wildman–Crippen LogP) is 1.26. The van der Waals surface area contributed by atoms with Crippen LogP contribution in [-0.2, 0) is 10.2 Å². The zero-order valence-electron chi connectivity index (χ0n) is 11.6. The third kappa shape index (κ3) is 2.99. The molecule has 5 nitrogen and oxygen atoms in total. The van der Waals surface area contributed by atoms with Gasteiger partial charge in [0.25, 0.3) is 0 Å². The van der Waals surface area contributed by atoms with Crippen molar-refractivity contribution >= 4 is 16.7 Å². The minimum Gasteiger partial charge on any atom is -0.377 e. The van der Waals surface area contributed by atoms with E-state index in [4.69, 9.17) is 4.74 Å². The highest BCUT2D eigenvalue weighted by molar-refractivity contribution is 7.09. The molecule has 0 bridgehead atoms. The van der Waals surface area contributed by atoms with Gasteiger partial charge in [-0.05, 0) is 7.05 Å². The average molecular weight is 270 g/mol. The van der Waals surface area contributed by atoms with Crippen LogP contribution in [0.4, 0.5) is 5.13 Å². The second-order valence-electron chi connectivity index (χ2n) is 5.63. The molecular weight excluding hydrogens is 248 g/mol. The Hall–Kier alpha value is -0.720. The van der Waals surface area contributed by atoms with Gasteiger partial charge in [0.15, 0.2) is 0 Å². The van der Waals surface area contributed by atoms with Gasteiger partial charge in [-0.1, -0.05) is 20.8 Å². The van der Waals surface area contributed by atoms with Crippen molar-refractivity contribution in [2.75, 3.05) is 38.3 Å². The van der Waals surface area contributed by atoms with E-state index < -0.39 is 0 Å². The second-order valence-corrected chi connectivity index (χ2v) is 6.36. The summed E-state index contributed by atoms with van der Waals surface area (Å²) in [5.74, 6) is 0.928. The molecule has 18 heavy (non-hydrogen) atoms. The quantitative estimate of drug-likeness (QED) is 0.896. The lowest BCUT2D eigenvalue weighted by atomic mass is 9.96. The highest BCUT2D eigenvalue weighted by atomic mass is 32.1. The van der Waals surface area contributed by atoms with Gasteiger partial charge in [0.2, 0.25) is 5.13 Å². The summed E-state index contributed by atoms with van der Waals surface area (Å²) in [6.45, 7) is 9.75. The highest BCUT2D eigenvalue weighted by Gasteiger charge is 2.27. The third-order valence-corrected chi connectivity index (χ3v) is 3.75. The number of likely N-dealkylation sites (N-methyl/N-ethyl adjacent to an activating group) is 1. The van der Waals surface area contributed by atoms with Crippen LogP contribution in [0.3, 0.4) is 0 Å². The number of hydrogen-bond donors (Lipinski definition) is 1. The molecule has 0 aromatic carbocycles. The SMILES string of the molecule is CNCC1COCCN1c1nc(C(C)(C)C)ns1. The first-order chi connectivity index (χ1) is 8.52. The number of nitrogens with zero attached hydrogens (tertiary/aromatic N) is 3. The van der Waals surface area contributed by atoms with Crippen molar-refractivity contribution in [2.24, 2.45) is 0 Å². The lowest BCUT2D eigenvalue weighted by molar-refractivity contribution is 0.0943. The van der Waals surface area contributed by atoms with Crippen LogP contribution in [0.2, 0.25) is 0 Å². The van der Waals surface area contributed by atoms with Gasteiger partial charge in [-0.25, -0.2) is 4.98 Å². The van der Waals surface area contributed by atoms with Crippen molar-refractivity contribution in [1.82, 2.24) is 14.7 Å². The van der Waals surface area contributed by atoms with Gasteiger partial charge in [0.05, 0.1) is 19.3 Å². The maximum Gasteiger partial charge on any atom is 0.205 e. The molecule has 1 fully saturated rings. The standard InChI is InChI=1S/C12H22N4OS/c1-12(2,3)10-14-11(18-15-10)16-5-6-17-8-9(16)7-13-4/h9,13H,5-8H2,1-4H3. The Balaban J connectivity index is 2.15. The van der Waals surface area contributed by atoms with Crippen molar-refractivity contribution in [2.45, 2.75) is 32.2 Å². The van der Waals surface area contributed by atoms with E-state index in [0.29, 0.717) is 6.04 Å². The molecule has 0 spiro atoms. The fourth-order valence-electron chi connectivity index (χ4n) is 1.95. The van der Waals surface area contributed by atoms with Gasteiger partial charge in [0.1, 0.15) is 5.82 Å². The van der Waals surface area contributed by atoms with Crippen LogP contribution in [-0.4, -0.2) is 48.8 Å². The summed E-state index contributed by atoms with van der Waals surface area (Å²) < 4.78 is 10.0. The lowest BCUT2D eigenvalue weighted by Crippen LogP contribution is -2.50. The molecule has 0 radical (unpaired) electrons. The van der Waals surface area contributed by atoms with Crippen LogP contribution in [0, 0.1) is 0 Å². The number of anilines is 1. The van der Waals surface area contributed by atoms with Crippen molar-refractivity contribution in [1.29, 1.82) is 0 Å². The normalized spacial score (nSPS) is 21.3. The zero-order chi connectivity index (χ0) is 13.2. The van der Waals surface area contributed by atoms with Gasteiger partial charge in [0, 0.05) is 30.0 Å². The molecule has 0 saturated carbocycles. The predicted molar refractivity (Wildman–Crippen MR) is 74.5 cm³/mol. The summed E-state index contributed by atoms with van der Waals surface area (Å²) in [5.41, 5.74) is 0.0134. The molecule has 0 aliphatic carbocycles. The molecule has 1 saturated heterocycles. The molecule has 1 unspecified atom stereocenters. The van der Waals surface area contributed by atoms with E-state index in [9.17, 15) is 0 Å². The topological polar surface area (TPSA) is 50.3 Å². The molecule has 1 aliphatic heterocycles. The van der Waals surface area contributed by atoms with Crippen LogP contribution in [0.5, 0.6) is 0 Å². The van der Waals surface area contributed by atoms with Crippen LogP contribution >= 0.6 is 11.5 Å². The molecule has 1 N–H and O–H groups in total. The molecule has 1 atom stereocenters. The lowest BCUT2D eigenvalue weighted by Gasteiger charge is -2.35. The van der Waals surface area contributed by atoms with Crippen LogP contribution in [0.25, 0.3) is 0 Å². The van der Waals surface area contributed by atoms with Gasteiger partial charge in [-0.2, -0.15) is 4.37 Å². The van der Waals surface area contributed by atoms with E-state index >= 15 is 0 Å². The summed E-state index contributed by atoms with van der Waals surface area (Å²) in [4.78, 5) is 7.00.